The quantitative estimate of drug-likeness (QED) is 0.867. The average molecular weight is 231 g/mol. The molecule has 0 saturated heterocycles. The smallest absolute Gasteiger partial charge is 0.325 e. The van der Waals surface area contributed by atoms with Crippen LogP contribution in [-0.2, 0) is 17.8 Å². The van der Waals surface area contributed by atoms with Gasteiger partial charge in [0.1, 0.15) is 12.2 Å². The van der Waals surface area contributed by atoms with Crippen molar-refractivity contribution in [2.45, 2.75) is 19.9 Å². The van der Waals surface area contributed by atoms with Crippen LogP contribution in [0, 0.1) is 0 Å². The normalized spacial score (nSPS) is 10.4. The fourth-order valence-electron chi connectivity index (χ4n) is 1.64. The van der Waals surface area contributed by atoms with Crippen molar-refractivity contribution < 1.29 is 9.90 Å². The molecular weight excluding hydrogens is 218 g/mol. The van der Waals surface area contributed by atoms with E-state index in [-0.39, 0.29) is 6.54 Å². The highest BCUT2D eigenvalue weighted by molar-refractivity contribution is 5.66. The molecule has 1 N–H and O–H groups in total. The van der Waals surface area contributed by atoms with Crippen molar-refractivity contribution in [3.05, 3.63) is 36.2 Å². The van der Waals surface area contributed by atoms with E-state index >= 15 is 0 Å². The molecule has 0 amide bonds. The number of aromatic nitrogens is 3. The summed E-state index contributed by atoms with van der Waals surface area (Å²) < 4.78 is 1.51. The Hall–Kier alpha value is -2.17. The number of carboxylic acids is 1. The van der Waals surface area contributed by atoms with E-state index < -0.39 is 5.97 Å². The average Bonchev–Trinajstić information content (AvgIpc) is 2.72. The summed E-state index contributed by atoms with van der Waals surface area (Å²) in [6.07, 6.45) is 2.43. The van der Waals surface area contributed by atoms with Crippen LogP contribution < -0.4 is 0 Å². The lowest BCUT2D eigenvalue weighted by Gasteiger charge is -2.00. The molecule has 0 bridgehead atoms. The van der Waals surface area contributed by atoms with Gasteiger partial charge in [-0.15, -0.1) is 0 Å². The minimum atomic E-state index is -0.893. The Labute approximate surface area is 98.7 Å². The zero-order chi connectivity index (χ0) is 12.3. The molecule has 2 heterocycles. The Morgan fingerprint density at radius 1 is 1.41 bits per heavy atom. The van der Waals surface area contributed by atoms with Crippen molar-refractivity contribution in [3.8, 4) is 11.4 Å². The summed E-state index contributed by atoms with van der Waals surface area (Å²) in [5, 5.41) is 13.1. The van der Waals surface area contributed by atoms with Crippen LogP contribution in [0.3, 0.4) is 0 Å². The van der Waals surface area contributed by atoms with Crippen LogP contribution in [-0.4, -0.2) is 25.8 Å². The third-order valence-electron chi connectivity index (χ3n) is 2.44. The Balaban J connectivity index is 2.37. The van der Waals surface area contributed by atoms with E-state index in [0.29, 0.717) is 5.69 Å². The summed E-state index contributed by atoms with van der Waals surface area (Å²) in [5.74, 6) is -0.893. The second-order valence-electron chi connectivity index (χ2n) is 3.64. The molecule has 0 atom stereocenters. The molecule has 0 aliphatic rings. The number of carbonyl (C=O) groups is 1. The zero-order valence-electron chi connectivity index (χ0n) is 9.50. The Morgan fingerprint density at radius 3 is 2.82 bits per heavy atom. The van der Waals surface area contributed by atoms with E-state index in [9.17, 15) is 4.79 Å². The molecule has 0 aliphatic heterocycles. The minimum Gasteiger partial charge on any atom is -0.480 e. The maximum Gasteiger partial charge on any atom is 0.325 e. The standard InChI is InChI=1S/C12H13N3O2/c1-2-9-7-11(10-5-3-4-6-13-10)14-15(9)8-12(16)17/h3-7H,2,8H2,1H3,(H,16,17). The molecule has 0 unspecified atom stereocenters. The number of hydrogen-bond acceptors (Lipinski definition) is 3. The molecule has 0 aliphatic carbocycles. The second-order valence-corrected chi connectivity index (χ2v) is 3.64. The van der Waals surface area contributed by atoms with Crippen LogP contribution in [0.2, 0.25) is 0 Å². The van der Waals surface area contributed by atoms with Crippen LogP contribution in [0.4, 0.5) is 0 Å². The first-order valence-corrected chi connectivity index (χ1v) is 5.40. The SMILES string of the molecule is CCc1cc(-c2ccccn2)nn1CC(=O)O. The van der Waals surface area contributed by atoms with Crippen molar-refractivity contribution in [2.75, 3.05) is 0 Å². The third kappa shape index (κ3) is 2.50. The summed E-state index contributed by atoms with van der Waals surface area (Å²) in [6.45, 7) is 1.85. The highest BCUT2D eigenvalue weighted by atomic mass is 16.4. The van der Waals surface area contributed by atoms with Crippen LogP contribution in [0.1, 0.15) is 12.6 Å². The number of aliphatic carboxylic acids is 1. The molecule has 0 spiro atoms. The van der Waals surface area contributed by atoms with Crippen LogP contribution >= 0.6 is 0 Å². The molecule has 0 radical (unpaired) electrons. The second kappa shape index (κ2) is 4.78. The number of carboxylic acid groups (broad SMARTS) is 1. The molecule has 0 fully saturated rings. The van der Waals surface area contributed by atoms with Gasteiger partial charge in [-0.1, -0.05) is 13.0 Å². The van der Waals surface area contributed by atoms with Crippen molar-refractivity contribution in [1.82, 2.24) is 14.8 Å². The number of pyridine rings is 1. The first-order valence-electron chi connectivity index (χ1n) is 5.40. The van der Waals surface area contributed by atoms with Gasteiger partial charge in [-0.3, -0.25) is 14.5 Å². The molecular formula is C12H13N3O2. The Bertz CT molecular complexity index is 520. The van der Waals surface area contributed by atoms with E-state index in [1.165, 1.54) is 4.68 Å². The third-order valence-corrected chi connectivity index (χ3v) is 2.44. The van der Waals surface area contributed by atoms with Crippen LogP contribution in [0.15, 0.2) is 30.5 Å². The number of rotatable bonds is 4. The molecule has 0 aromatic carbocycles. The Kier molecular flexibility index (Phi) is 3.18. The van der Waals surface area contributed by atoms with Gasteiger partial charge in [-0.2, -0.15) is 5.10 Å². The first kappa shape index (κ1) is 11.3. The van der Waals surface area contributed by atoms with Gasteiger partial charge >= 0.3 is 5.97 Å². The van der Waals surface area contributed by atoms with Gasteiger partial charge in [0.05, 0.1) is 5.69 Å². The van der Waals surface area contributed by atoms with Crippen LogP contribution in [0.5, 0.6) is 0 Å². The number of hydrogen-bond donors (Lipinski definition) is 1. The summed E-state index contributed by atoms with van der Waals surface area (Å²) in [5.41, 5.74) is 2.36. The number of aryl methyl sites for hydroxylation is 1. The minimum absolute atomic E-state index is 0.115. The first-order chi connectivity index (χ1) is 8.20. The maximum absolute atomic E-state index is 10.7. The van der Waals surface area contributed by atoms with Crippen molar-refractivity contribution >= 4 is 5.97 Å². The monoisotopic (exact) mass is 231 g/mol. The largest absolute Gasteiger partial charge is 0.480 e. The van der Waals surface area contributed by atoms with E-state index in [0.717, 1.165) is 17.8 Å². The lowest BCUT2D eigenvalue weighted by Crippen LogP contribution is -2.12. The Morgan fingerprint density at radius 2 is 2.24 bits per heavy atom. The predicted octanol–water partition coefficient (Wildman–Crippen LogP) is 1.59. The molecule has 0 saturated carbocycles. The molecule has 17 heavy (non-hydrogen) atoms. The van der Waals surface area contributed by atoms with Gasteiger partial charge in [0.15, 0.2) is 0 Å². The van der Waals surface area contributed by atoms with E-state index in [1.54, 1.807) is 6.20 Å². The fraction of sp³-hybridized carbons (Fsp3) is 0.250. The highest BCUT2D eigenvalue weighted by Crippen LogP contribution is 2.16. The molecule has 5 nitrogen and oxygen atoms in total. The fourth-order valence-corrected chi connectivity index (χ4v) is 1.64. The van der Waals surface area contributed by atoms with Gasteiger partial charge < -0.3 is 5.11 Å². The maximum atomic E-state index is 10.7. The van der Waals surface area contributed by atoms with E-state index in [1.807, 2.05) is 31.2 Å². The van der Waals surface area contributed by atoms with Gasteiger partial charge in [-0.05, 0) is 24.6 Å². The van der Waals surface area contributed by atoms with Crippen molar-refractivity contribution in [2.24, 2.45) is 0 Å². The molecule has 2 aromatic rings. The predicted molar refractivity (Wildman–Crippen MR) is 62.5 cm³/mol. The molecule has 2 aromatic heterocycles. The molecule has 88 valence electrons. The van der Waals surface area contributed by atoms with Crippen molar-refractivity contribution in [3.63, 3.8) is 0 Å². The highest BCUT2D eigenvalue weighted by Gasteiger charge is 2.10. The van der Waals surface area contributed by atoms with E-state index in [2.05, 4.69) is 10.1 Å². The molecule has 2 rings (SSSR count). The zero-order valence-corrected chi connectivity index (χ0v) is 9.50. The molecule has 5 heteroatoms. The van der Waals surface area contributed by atoms with Gasteiger partial charge in [-0.25, -0.2) is 0 Å². The van der Waals surface area contributed by atoms with Gasteiger partial charge in [0.2, 0.25) is 0 Å². The summed E-state index contributed by atoms with van der Waals surface area (Å²) in [4.78, 5) is 14.9. The number of nitrogens with zero attached hydrogens (tertiary/aromatic N) is 3. The summed E-state index contributed by atoms with van der Waals surface area (Å²) in [6, 6.07) is 7.45. The van der Waals surface area contributed by atoms with Gasteiger partial charge in [0, 0.05) is 11.9 Å². The van der Waals surface area contributed by atoms with Crippen LogP contribution in [0.25, 0.3) is 11.4 Å². The topological polar surface area (TPSA) is 68.0 Å². The summed E-state index contributed by atoms with van der Waals surface area (Å²) >= 11 is 0. The van der Waals surface area contributed by atoms with Crippen molar-refractivity contribution in [1.29, 1.82) is 0 Å². The van der Waals surface area contributed by atoms with Gasteiger partial charge in [0.25, 0.3) is 0 Å². The lowest BCUT2D eigenvalue weighted by atomic mass is 10.2. The lowest BCUT2D eigenvalue weighted by molar-refractivity contribution is -0.137. The summed E-state index contributed by atoms with van der Waals surface area (Å²) in [7, 11) is 0. The van der Waals surface area contributed by atoms with E-state index in [4.69, 9.17) is 5.11 Å².